The summed E-state index contributed by atoms with van der Waals surface area (Å²) in [6, 6.07) is 6.67. The highest BCUT2D eigenvalue weighted by atomic mass is 79.9. The van der Waals surface area contributed by atoms with Gasteiger partial charge in [0.05, 0.1) is 0 Å². The highest BCUT2D eigenvalue weighted by Crippen LogP contribution is 2.32. The molecule has 1 nitrogen and oxygen atoms in total. The molecule has 0 amide bonds. The molecule has 1 aliphatic carbocycles. The van der Waals surface area contributed by atoms with Gasteiger partial charge in [-0.1, -0.05) is 34.8 Å². The molecule has 2 N–H and O–H groups in total. The summed E-state index contributed by atoms with van der Waals surface area (Å²) in [6.07, 6.45) is 6.68. The van der Waals surface area contributed by atoms with E-state index < -0.39 is 0 Å². The third-order valence-electron chi connectivity index (χ3n) is 3.40. The van der Waals surface area contributed by atoms with Gasteiger partial charge in [0.1, 0.15) is 0 Å². The van der Waals surface area contributed by atoms with E-state index in [-0.39, 0.29) is 0 Å². The van der Waals surface area contributed by atoms with Gasteiger partial charge in [0.25, 0.3) is 0 Å². The van der Waals surface area contributed by atoms with Gasteiger partial charge in [0, 0.05) is 15.1 Å². The average Bonchev–Trinajstić information content (AvgIpc) is 2.83. The number of hydrogen-bond acceptors (Lipinski definition) is 2. The first-order chi connectivity index (χ1) is 8.29. The molecular formula is C14H20BrNS. The van der Waals surface area contributed by atoms with Crippen LogP contribution < -0.4 is 5.73 Å². The fraction of sp³-hybridized carbons (Fsp3) is 0.571. The van der Waals surface area contributed by atoms with Crippen molar-refractivity contribution in [2.75, 3.05) is 12.3 Å². The van der Waals surface area contributed by atoms with E-state index in [0.29, 0.717) is 6.54 Å². The predicted octanol–water partition coefficient (Wildman–Crippen LogP) is 4.23. The molecule has 1 aromatic rings. The Bertz CT molecular complexity index is 361. The number of thioether (sulfide) groups is 1. The van der Waals surface area contributed by atoms with Crippen molar-refractivity contribution in [3.63, 3.8) is 0 Å². The zero-order chi connectivity index (χ0) is 12.1. The SMILES string of the molecule is NCCc1ccc(SCC2CCCC2)cc1Br. The molecule has 0 heterocycles. The first kappa shape index (κ1) is 13.4. The Kier molecular flexibility index (Phi) is 5.39. The number of hydrogen-bond donors (Lipinski definition) is 1. The van der Waals surface area contributed by atoms with Crippen LogP contribution in [0.5, 0.6) is 0 Å². The van der Waals surface area contributed by atoms with Crippen molar-refractivity contribution in [1.29, 1.82) is 0 Å². The maximum atomic E-state index is 5.58. The summed E-state index contributed by atoms with van der Waals surface area (Å²) in [5, 5.41) is 0. The fourth-order valence-corrected chi connectivity index (χ4v) is 4.22. The molecule has 1 saturated carbocycles. The molecule has 2 rings (SSSR count). The summed E-state index contributed by atoms with van der Waals surface area (Å²) < 4.78 is 1.21. The molecule has 0 aliphatic heterocycles. The van der Waals surface area contributed by atoms with Gasteiger partial charge in [-0.25, -0.2) is 0 Å². The topological polar surface area (TPSA) is 26.0 Å². The van der Waals surface area contributed by atoms with Crippen molar-refractivity contribution in [3.8, 4) is 0 Å². The van der Waals surface area contributed by atoms with E-state index in [4.69, 9.17) is 5.73 Å². The lowest BCUT2D eigenvalue weighted by Crippen LogP contribution is -2.03. The number of halogens is 1. The molecule has 3 heteroatoms. The number of rotatable bonds is 5. The van der Waals surface area contributed by atoms with Crippen molar-refractivity contribution in [3.05, 3.63) is 28.2 Å². The highest BCUT2D eigenvalue weighted by molar-refractivity contribution is 9.10. The zero-order valence-electron chi connectivity index (χ0n) is 10.1. The van der Waals surface area contributed by atoms with Crippen LogP contribution in [0, 0.1) is 5.92 Å². The lowest BCUT2D eigenvalue weighted by Gasteiger charge is -2.10. The van der Waals surface area contributed by atoms with E-state index in [9.17, 15) is 0 Å². The van der Waals surface area contributed by atoms with Crippen LogP contribution in [0.15, 0.2) is 27.6 Å². The minimum absolute atomic E-state index is 0.715. The molecule has 0 atom stereocenters. The molecule has 17 heavy (non-hydrogen) atoms. The summed E-state index contributed by atoms with van der Waals surface area (Å²) in [7, 11) is 0. The van der Waals surface area contributed by atoms with Gasteiger partial charge >= 0.3 is 0 Å². The summed E-state index contributed by atoms with van der Waals surface area (Å²) in [5.74, 6) is 2.23. The molecule has 1 fully saturated rings. The molecule has 0 saturated heterocycles. The minimum atomic E-state index is 0.715. The molecule has 1 aliphatic rings. The van der Waals surface area contributed by atoms with Crippen LogP contribution >= 0.6 is 27.7 Å². The van der Waals surface area contributed by atoms with Gasteiger partial charge in [-0.2, -0.15) is 0 Å². The zero-order valence-corrected chi connectivity index (χ0v) is 12.5. The standard InChI is InChI=1S/C14H20BrNS/c15-14-9-13(6-5-12(14)7-8-16)17-10-11-3-1-2-4-11/h5-6,9,11H,1-4,7-8,10,16H2. The van der Waals surface area contributed by atoms with E-state index in [1.807, 2.05) is 11.8 Å². The Morgan fingerprint density at radius 3 is 2.71 bits per heavy atom. The largest absolute Gasteiger partial charge is 0.330 e. The van der Waals surface area contributed by atoms with E-state index in [0.717, 1.165) is 12.3 Å². The lowest BCUT2D eigenvalue weighted by molar-refractivity contribution is 0.623. The first-order valence-electron chi connectivity index (χ1n) is 6.41. The molecule has 1 aromatic carbocycles. The molecule has 0 bridgehead atoms. The van der Waals surface area contributed by atoms with Crippen molar-refractivity contribution < 1.29 is 0 Å². The van der Waals surface area contributed by atoms with Gasteiger partial charge < -0.3 is 5.73 Å². The van der Waals surface area contributed by atoms with Gasteiger partial charge in [-0.15, -0.1) is 11.8 Å². The number of nitrogens with two attached hydrogens (primary N) is 1. The highest BCUT2D eigenvalue weighted by Gasteiger charge is 2.15. The van der Waals surface area contributed by atoms with Crippen molar-refractivity contribution >= 4 is 27.7 Å². The summed E-state index contributed by atoms with van der Waals surface area (Å²) in [4.78, 5) is 1.38. The smallest absolute Gasteiger partial charge is 0.0218 e. The Labute approximate surface area is 117 Å². The van der Waals surface area contributed by atoms with E-state index in [2.05, 4.69) is 34.1 Å². The van der Waals surface area contributed by atoms with Crippen LogP contribution in [0.4, 0.5) is 0 Å². The monoisotopic (exact) mass is 313 g/mol. The second-order valence-corrected chi connectivity index (χ2v) is 6.70. The van der Waals surface area contributed by atoms with Crippen LogP contribution in [-0.2, 0) is 6.42 Å². The Morgan fingerprint density at radius 1 is 1.29 bits per heavy atom. The third kappa shape index (κ3) is 4.01. The molecule has 0 radical (unpaired) electrons. The Morgan fingerprint density at radius 2 is 2.06 bits per heavy atom. The van der Waals surface area contributed by atoms with Crippen molar-refractivity contribution in [1.82, 2.24) is 0 Å². The molecular weight excluding hydrogens is 294 g/mol. The summed E-state index contributed by atoms with van der Waals surface area (Å²) in [6.45, 7) is 0.715. The normalized spacial score (nSPS) is 16.6. The number of benzene rings is 1. The predicted molar refractivity (Wildman–Crippen MR) is 79.6 cm³/mol. The second kappa shape index (κ2) is 6.81. The van der Waals surface area contributed by atoms with Gasteiger partial charge in [0.15, 0.2) is 0 Å². The van der Waals surface area contributed by atoms with Gasteiger partial charge in [0.2, 0.25) is 0 Å². The summed E-state index contributed by atoms with van der Waals surface area (Å²) in [5.41, 5.74) is 6.90. The third-order valence-corrected chi connectivity index (χ3v) is 5.36. The second-order valence-electron chi connectivity index (χ2n) is 4.75. The molecule has 0 unspecified atom stereocenters. The molecule has 0 spiro atoms. The Hall–Kier alpha value is 0.01000. The molecule has 0 aromatic heterocycles. The van der Waals surface area contributed by atoms with Gasteiger partial charge in [-0.3, -0.25) is 0 Å². The fourth-order valence-electron chi connectivity index (χ4n) is 2.37. The van der Waals surface area contributed by atoms with Crippen molar-refractivity contribution in [2.45, 2.75) is 37.0 Å². The van der Waals surface area contributed by atoms with Crippen LogP contribution in [-0.4, -0.2) is 12.3 Å². The van der Waals surface area contributed by atoms with Gasteiger partial charge in [-0.05, 0) is 49.4 Å². The van der Waals surface area contributed by atoms with Crippen LogP contribution in [0.3, 0.4) is 0 Å². The maximum absolute atomic E-state index is 5.58. The molecule has 94 valence electrons. The quantitative estimate of drug-likeness (QED) is 0.823. The summed E-state index contributed by atoms with van der Waals surface area (Å²) >= 11 is 5.63. The van der Waals surface area contributed by atoms with E-state index >= 15 is 0 Å². The van der Waals surface area contributed by atoms with Crippen LogP contribution in [0.1, 0.15) is 31.2 Å². The van der Waals surface area contributed by atoms with E-state index in [1.165, 1.54) is 46.4 Å². The van der Waals surface area contributed by atoms with Crippen LogP contribution in [0.25, 0.3) is 0 Å². The lowest BCUT2D eigenvalue weighted by atomic mass is 10.1. The Balaban J connectivity index is 1.90. The minimum Gasteiger partial charge on any atom is -0.330 e. The first-order valence-corrected chi connectivity index (χ1v) is 8.18. The van der Waals surface area contributed by atoms with E-state index in [1.54, 1.807) is 0 Å². The average molecular weight is 314 g/mol. The van der Waals surface area contributed by atoms with Crippen molar-refractivity contribution in [2.24, 2.45) is 11.7 Å². The maximum Gasteiger partial charge on any atom is 0.0218 e. The van der Waals surface area contributed by atoms with Crippen LogP contribution in [0.2, 0.25) is 0 Å².